The molecule has 0 saturated carbocycles. The van der Waals surface area contributed by atoms with Crippen molar-refractivity contribution in [1.82, 2.24) is 0 Å². The number of Topliss-reactive ketones (excluding diaryl/α,β-unsaturated/α-hetero) is 1. The number of nitro benzene ring substituents is 1. The monoisotopic (exact) mass is 263 g/mol. The maximum atomic E-state index is 12.5. The molecule has 0 radical (unpaired) electrons. The van der Waals surface area contributed by atoms with E-state index in [1.165, 1.54) is 0 Å². The van der Waals surface area contributed by atoms with Crippen molar-refractivity contribution in [2.75, 3.05) is 7.11 Å². The van der Waals surface area contributed by atoms with Crippen LogP contribution >= 0.6 is 0 Å². The second kappa shape index (κ2) is 4.63. The zero-order valence-corrected chi connectivity index (χ0v) is 9.37. The van der Waals surface area contributed by atoms with E-state index in [-0.39, 0.29) is 0 Å². The fraction of sp³-hybridized carbons (Fsp3) is 0.300. The van der Waals surface area contributed by atoms with Gasteiger partial charge in [0.05, 0.1) is 23.2 Å². The molecule has 1 aromatic rings. The zero-order valence-electron chi connectivity index (χ0n) is 9.37. The summed E-state index contributed by atoms with van der Waals surface area (Å²) in [6.07, 6.45) is -4.78. The maximum absolute atomic E-state index is 12.5. The van der Waals surface area contributed by atoms with E-state index in [0.717, 1.165) is 14.0 Å². The number of nitro groups is 1. The van der Waals surface area contributed by atoms with E-state index in [9.17, 15) is 28.1 Å². The number of ketones is 1. The van der Waals surface area contributed by atoms with E-state index in [4.69, 9.17) is 0 Å². The fourth-order valence-electron chi connectivity index (χ4n) is 1.39. The molecule has 98 valence electrons. The lowest BCUT2D eigenvalue weighted by atomic mass is 10.0. The predicted molar refractivity (Wildman–Crippen MR) is 54.7 cm³/mol. The molecule has 5 nitrogen and oxygen atoms in total. The lowest BCUT2D eigenvalue weighted by molar-refractivity contribution is -0.386. The van der Waals surface area contributed by atoms with Crippen LogP contribution in [0.2, 0.25) is 0 Å². The topological polar surface area (TPSA) is 69.4 Å². The van der Waals surface area contributed by atoms with Gasteiger partial charge < -0.3 is 4.74 Å². The molecule has 0 amide bonds. The van der Waals surface area contributed by atoms with E-state index in [1.807, 2.05) is 0 Å². The fourth-order valence-corrected chi connectivity index (χ4v) is 1.39. The van der Waals surface area contributed by atoms with E-state index in [0.29, 0.717) is 12.1 Å². The highest BCUT2D eigenvalue weighted by molar-refractivity contribution is 5.98. The molecule has 0 aromatic heterocycles. The van der Waals surface area contributed by atoms with Crippen LogP contribution < -0.4 is 4.74 Å². The van der Waals surface area contributed by atoms with Crippen molar-refractivity contribution in [1.29, 1.82) is 0 Å². The molecule has 0 aliphatic heterocycles. The Hall–Kier alpha value is -2.12. The molecule has 0 N–H and O–H groups in total. The Bertz CT molecular complexity index is 475. The number of hydrogen-bond donors (Lipinski definition) is 0. The van der Waals surface area contributed by atoms with Gasteiger partial charge in [0.2, 0.25) is 5.75 Å². The minimum absolute atomic E-state index is 0.339. The molecular formula is C10H8F3NO4. The number of nitrogens with zero attached hydrogens (tertiary/aromatic N) is 1. The highest BCUT2D eigenvalue weighted by Crippen LogP contribution is 2.38. The van der Waals surface area contributed by atoms with Crippen molar-refractivity contribution in [2.24, 2.45) is 0 Å². The summed E-state index contributed by atoms with van der Waals surface area (Å²) in [5, 5.41) is 10.7. The van der Waals surface area contributed by atoms with Gasteiger partial charge in [-0.1, -0.05) is 0 Å². The minimum Gasteiger partial charge on any atom is -0.490 e. The van der Waals surface area contributed by atoms with Crippen molar-refractivity contribution in [3.05, 3.63) is 33.4 Å². The zero-order chi connectivity index (χ0) is 14.1. The summed E-state index contributed by atoms with van der Waals surface area (Å²) in [5.74, 6) is -1.22. The normalized spacial score (nSPS) is 11.2. The van der Waals surface area contributed by atoms with E-state index < -0.39 is 39.4 Å². The summed E-state index contributed by atoms with van der Waals surface area (Å²) in [4.78, 5) is 20.9. The molecule has 0 unspecified atom stereocenters. The van der Waals surface area contributed by atoms with Crippen LogP contribution in [0.5, 0.6) is 5.75 Å². The van der Waals surface area contributed by atoms with Crippen LogP contribution in [0, 0.1) is 10.1 Å². The van der Waals surface area contributed by atoms with Gasteiger partial charge in [-0.15, -0.1) is 0 Å². The first-order valence-corrected chi connectivity index (χ1v) is 4.63. The average Bonchev–Trinajstić information content (AvgIpc) is 2.25. The molecule has 8 heteroatoms. The number of rotatable bonds is 3. The maximum Gasteiger partial charge on any atom is 0.416 e. The first kappa shape index (κ1) is 13.9. The van der Waals surface area contributed by atoms with Crippen LogP contribution in [-0.2, 0) is 6.18 Å². The summed E-state index contributed by atoms with van der Waals surface area (Å²) in [6, 6.07) is 0.874. The SMILES string of the molecule is COc1c(C(C)=O)cc(C(F)(F)F)cc1[N+](=O)[O-]. The van der Waals surface area contributed by atoms with Gasteiger partial charge in [0.15, 0.2) is 5.78 Å². The Kier molecular flexibility index (Phi) is 3.59. The summed E-state index contributed by atoms with van der Waals surface area (Å²) in [5.41, 5.74) is -2.63. The first-order valence-electron chi connectivity index (χ1n) is 4.63. The molecule has 18 heavy (non-hydrogen) atoms. The molecular weight excluding hydrogens is 255 g/mol. The van der Waals surface area contributed by atoms with Crippen LogP contribution in [0.1, 0.15) is 22.8 Å². The summed E-state index contributed by atoms with van der Waals surface area (Å²) in [7, 11) is 1.04. The standard InChI is InChI=1S/C10H8F3NO4/c1-5(15)7-3-6(10(11,12)13)4-8(14(16)17)9(7)18-2/h3-4H,1-2H3. The third-order valence-electron chi connectivity index (χ3n) is 2.18. The molecule has 0 bridgehead atoms. The summed E-state index contributed by atoms with van der Waals surface area (Å²) >= 11 is 0. The predicted octanol–water partition coefficient (Wildman–Crippen LogP) is 2.82. The van der Waals surface area contributed by atoms with Crippen molar-refractivity contribution in [2.45, 2.75) is 13.1 Å². The largest absolute Gasteiger partial charge is 0.490 e. The molecule has 0 aliphatic carbocycles. The molecule has 0 fully saturated rings. The Labute approximate surface area is 99.3 Å². The molecule has 0 aliphatic rings. The van der Waals surface area contributed by atoms with Gasteiger partial charge in [0.25, 0.3) is 0 Å². The van der Waals surface area contributed by atoms with Crippen LogP contribution in [0.3, 0.4) is 0 Å². The second-order valence-corrected chi connectivity index (χ2v) is 3.39. The third-order valence-corrected chi connectivity index (χ3v) is 2.18. The molecule has 1 rings (SSSR count). The van der Waals surface area contributed by atoms with Crippen LogP contribution in [0.4, 0.5) is 18.9 Å². The Balaban J connectivity index is 3.65. The summed E-state index contributed by atoms with van der Waals surface area (Å²) < 4.78 is 42.2. The van der Waals surface area contributed by atoms with Crippen molar-refractivity contribution < 1.29 is 27.6 Å². The number of alkyl halides is 3. The molecule has 1 aromatic carbocycles. The molecule has 0 heterocycles. The van der Waals surface area contributed by atoms with Crippen molar-refractivity contribution >= 4 is 11.5 Å². The smallest absolute Gasteiger partial charge is 0.416 e. The molecule has 0 spiro atoms. The average molecular weight is 263 g/mol. The molecule has 0 saturated heterocycles. The number of carbonyl (C=O) groups excluding carboxylic acids is 1. The number of methoxy groups -OCH3 is 1. The Morgan fingerprint density at radius 1 is 1.39 bits per heavy atom. The number of halogens is 3. The first-order chi connectivity index (χ1) is 8.18. The van der Waals surface area contributed by atoms with Crippen LogP contribution in [0.25, 0.3) is 0 Å². The number of ether oxygens (including phenoxy) is 1. The highest BCUT2D eigenvalue weighted by Gasteiger charge is 2.35. The number of hydrogen-bond acceptors (Lipinski definition) is 4. The van der Waals surface area contributed by atoms with E-state index >= 15 is 0 Å². The van der Waals surface area contributed by atoms with Crippen molar-refractivity contribution in [3.63, 3.8) is 0 Å². The van der Waals surface area contributed by atoms with Gasteiger partial charge in [-0.05, 0) is 13.0 Å². The minimum atomic E-state index is -4.78. The lowest BCUT2D eigenvalue weighted by Crippen LogP contribution is -2.10. The molecule has 0 atom stereocenters. The Morgan fingerprint density at radius 2 is 1.94 bits per heavy atom. The third kappa shape index (κ3) is 2.58. The van der Waals surface area contributed by atoms with Gasteiger partial charge in [-0.2, -0.15) is 13.2 Å². The number of benzene rings is 1. The van der Waals surface area contributed by atoms with Gasteiger partial charge in [-0.3, -0.25) is 14.9 Å². The Morgan fingerprint density at radius 3 is 2.28 bits per heavy atom. The second-order valence-electron chi connectivity index (χ2n) is 3.39. The lowest BCUT2D eigenvalue weighted by Gasteiger charge is -2.11. The van der Waals surface area contributed by atoms with Gasteiger partial charge in [0.1, 0.15) is 0 Å². The van der Waals surface area contributed by atoms with E-state index in [2.05, 4.69) is 4.74 Å². The van der Waals surface area contributed by atoms with Gasteiger partial charge >= 0.3 is 11.9 Å². The van der Waals surface area contributed by atoms with Crippen LogP contribution in [-0.4, -0.2) is 17.8 Å². The van der Waals surface area contributed by atoms with Gasteiger partial charge in [-0.25, -0.2) is 0 Å². The van der Waals surface area contributed by atoms with E-state index in [1.54, 1.807) is 0 Å². The van der Waals surface area contributed by atoms with Gasteiger partial charge in [0, 0.05) is 6.07 Å². The summed E-state index contributed by atoms with van der Waals surface area (Å²) in [6.45, 7) is 1.00. The number of carbonyl (C=O) groups is 1. The van der Waals surface area contributed by atoms with Crippen LogP contribution in [0.15, 0.2) is 12.1 Å². The quantitative estimate of drug-likeness (QED) is 0.477. The van der Waals surface area contributed by atoms with Crippen molar-refractivity contribution in [3.8, 4) is 5.75 Å². The highest BCUT2D eigenvalue weighted by atomic mass is 19.4.